The van der Waals surface area contributed by atoms with E-state index in [1.165, 1.54) is 16.8 Å². The Morgan fingerprint density at radius 2 is 1.95 bits per heavy atom. The number of aryl methyl sites for hydroxylation is 3. The topological polar surface area (TPSA) is 48.0 Å². The van der Waals surface area contributed by atoms with E-state index >= 15 is 0 Å². The van der Waals surface area contributed by atoms with Crippen molar-refractivity contribution in [2.45, 2.75) is 52.6 Å². The Hall–Kier alpha value is -1.87. The second-order valence-electron chi connectivity index (χ2n) is 6.31. The molecular weight excluding hydrogens is 272 g/mol. The van der Waals surface area contributed by atoms with E-state index in [0.29, 0.717) is 6.54 Å². The molecule has 0 spiro atoms. The van der Waals surface area contributed by atoms with Gasteiger partial charge in [-0.25, -0.2) is 0 Å². The fourth-order valence-electron chi connectivity index (χ4n) is 3.56. The van der Waals surface area contributed by atoms with Crippen LogP contribution in [-0.2, 0) is 19.4 Å². The summed E-state index contributed by atoms with van der Waals surface area (Å²) in [4.78, 5) is 12.9. The minimum Gasteiger partial charge on any atom is -0.320 e. The molecule has 0 saturated carbocycles. The number of aromatic nitrogens is 1. The van der Waals surface area contributed by atoms with Gasteiger partial charge in [-0.3, -0.25) is 4.79 Å². The number of rotatable bonds is 3. The monoisotopic (exact) mass is 296 g/mol. The largest absolute Gasteiger partial charge is 0.320 e. The summed E-state index contributed by atoms with van der Waals surface area (Å²) in [5.74, 6) is 0. The van der Waals surface area contributed by atoms with Gasteiger partial charge in [0.25, 0.3) is 5.56 Å². The Bertz CT molecular complexity index is 774. The predicted molar refractivity (Wildman–Crippen MR) is 90.3 cm³/mol. The number of nitrogens with two attached hydrogens (primary N) is 1. The summed E-state index contributed by atoms with van der Waals surface area (Å²) in [6, 6.07) is 7.97. The zero-order chi connectivity index (χ0) is 15.9. The number of hydrogen-bond acceptors (Lipinski definition) is 2. The van der Waals surface area contributed by atoms with E-state index < -0.39 is 0 Å². The number of fused-ring (bicyclic) bond motifs is 1. The van der Waals surface area contributed by atoms with Gasteiger partial charge < -0.3 is 10.3 Å². The van der Waals surface area contributed by atoms with Crippen LogP contribution in [0.5, 0.6) is 0 Å². The molecule has 1 atom stereocenters. The fraction of sp³-hybridized carbons (Fsp3) is 0.421. The van der Waals surface area contributed by atoms with Crippen molar-refractivity contribution in [1.82, 2.24) is 4.57 Å². The van der Waals surface area contributed by atoms with Crippen molar-refractivity contribution in [3.05, 3.63) is 68.1 Å². The van der Waals surface area contributed by atoms with Crippen molar-refractivity contribution in [2.24, 2.45) is 5.73 Å². The van der Waals surface area contributed by atoms with Crippen molar-refractivity contribution >= 4 is 0 Å². The minimum atomic E-state index is -0.351. The van der Waals surface area contributed by atoms with Gasteiger partial charge in [-0.2, -0.15) is 0 Å². The van der Waals surface area contributed by atoms with Crippen LogP contribution in [0.3, 0.4) is 0 Å². The molecule has 3 rings (SSSR count). The molecule has 0 bridgehead atoms. The zero-order valence-electron chi connectivity index (χ0n) is 13.6. The van der Waals surface area contributed by atoms with Gasteiger partial charge in [-0.1, -0.05) is 23.8 Å². The Morgan fingerprint density at radius 3 is 2.68 bits per heavy atom. The lowest BCUT2D eigenvalue weighted by atomic mass is 9.94. The number of nitrogens with zero attached hydrogens (tertiary/aromatic N) is 1. The molecule has 2 aromatic rings. The molecule has 0 amide bonds. The van der Waals surface area contributed by atoms with Crippen LogP contribution in [0.2, 0.25) is 0 Å². The second-order valence-corrected chi connectivity index (χ2v) is 6.31. The van der Waals surface area contributed by atoms with Crippen LogP contribution < -0.4 is 11.3 Å². The third-order valence-corrected chi connectivity index (χ3v) is 4.80. The van der Waals surface area contributed by atoms with Crippen molar-refractivity contribution < 1.29 is 0 Å². The van der Waals surface area contributed by atoms with Crippen LogP contribution in [0.25, 0.3) is 0 Å². The molecule has 22 heavy (non-hydrogen) atoms. The standard InChI is InChI=1S/C19H24N2O/c1-4-21-17-7-5-6-14(17)11-16(19(21)22)18(20)15-10-12(2)8-9-13(15)3/h8-11,18H,4-7,20H2,1-3H3. The molecular formula is C19H24N2O. The highest BCUT2D eigenvalue weighted by Crippen LogP contribution is 2.26. The third-order valence-electron chi connectivity index (χ3n) is 4.80. The SMILES string of the molecule is CCn1c2c(cc(C(N)c3cc(C)ccc3C)c1=O)CCC2. The van der Waals surface area contributed by atoms with Crippen molar-refractivity contribution in [1.29, 1.82) is 0 Å². The lowest BCUT2D eigenvalue weighted by molar-refractivity contribution is 0.663. The van der Waals surface area contributed by atoms with E-state index in [0.717, 1.165) is 36.0 Å². The molecule has 0 aliphatic heterocycles. The summed E-state index contributed by atoms with van der Waals surface area (Å²) in [6.45, 7) is 6.87. The van der Waals surface area contributed by atoms with Crippen LogP contribution in [0, 0.1) is 13.8 Å². The Morgan fingerprint density at radius 1 is 1.18 bits per heavy atom. The average molecular weight is 296 g/mol. The molecule has 0 radical (unpaired) electrons. The molecule has 1 aromatic carbocycles. The molecule has 3 heteroatoms. The van der Waals surface area contributed by atoms with E-state index in [9.17, 15) is 4.79 Å². The van der Waals surface area contributed by atoms with E-state index in [1.54, 1.807) is 0 Å². The number of hydrogen-bond donors (Lipinski definition) is 1. The molecule has 0 saturated heterocycles. The molecule has 1 aliphatic rings. The first-order chi connectivity index (χ1) is 10.5. The molecule has 3 nitrogen and oxygen atoms in total. The lowest BCUT2D eigenvalue weighted by Crippen LogP contribution is -2.31. The van der Waals surface area contributed by atoms with Gasteiger partial charge >= 0.3 is 0 Å². The highest BCUT2D eigenvalue weighted by Gasteiger charge is 2.22. The molecule has 1 unspecified atom stereocenters. The smallest absolute Gasteiger partial charge is 0.255 e. The van der Waals surface area contributed by atoms with Crippen LogP contribution >= 0.6 is 0 Å². The average Bonchev–Trinajstić information content (AvgIpc) is 2.96. The van der Waals surface area contributed by atoms with E-state index in [-0.39, 0.29) is 11.6 Å². The fourth-order valence-corrected chi connectivity index (χ4v) is 3.56. The summed E-state index contributed by atoms with van der Waals surface area (Å²) in [5, 5.41) is 0. The van der Waals surface area contributed by atoms with Crippen LogP contribution in [0.4, 0.5) is 0 Å². The Labute approximate surface area is 131 Å². The quantitative estimate of drug-likeness (QED) is 0.946. The molecule has 1 aromatic heterocycles. The van der Waals surface area contributed by atoms with E-state index in [4.69, 9.17) is 5.73 Å². The van der Waals surface area contributed by atoms with Gasteiger partial charge in [0.15, 0.2) is 0 Å². The number of benzene rings is 1. The van der Waals surface area contributed by atoms with Gasteiger partial charge in [0, 0.05) is 17.8 Å². The van der Waals surface area contributed by atoms with E-state index in [2.05, 4.69) is 38.1 Å². The van der Waals surface area contributed by atoms with Gasteiger partial charge in [0.2, 0.25) is 0 Å². The predicted octanol–water partition coefficient (Wildman–Crippen LogP) is 3.02. The minimum absolute atomic E-state index is 0.0801. The summed E-state index contributed by atoms with van der Waals surface area (Å²) in [5.41, 5.74) is 13.2. The highest BCUT2D eigenvalue weighted by atomic mass is 16.1. The maximum absolute atomic E-state index is 12.9. The Kier molecular flexibility index (Phi) is 3.92. The normalized spacial score (nSPS) is 14.9. The van der Waals surface area contributed by atoms with Crippen molar-refractivity contribution in [2.75, 3.05) is 0 Å². The molecule has 116 valence electrons. The summed E-state index contributed by atoms with van der Waals surface area (Å²) >= 11 is 0. The van der Waals surface area contributed by atoms with Crippen LogP contribution in [0.15, 0.2) is 29.1 Å². The van der Waals surface area contributed by atoms with Crippen LogP contribution in [-0.4, -0.2) is 4.57 Å². The molecule has 2 N–H and O–H groups in total. The maximum Gasteiger partial charge on any atom is 0.255 e. The first-order valence-corrected chi connectivity index (χ1v) is 8.11. The third kappa shape index (κ3) is 2.40. The maximum atomic E-state index is 12.9. The first-order valence-electron chi connectivity index (χ1n) is 8.11. The molecule has 1 aliphatic carbocycles. The molecule has 0 fully saturated rings. The number of pyridine rings is 1. The van der Waals surface area contributed by atoms with E-state index in [1.807, 2.05) is 11.5 Å². The molecule has 1 heterocycles. The van der Waals surface area contributed by atoms with Gasteiger partial charge in [0.05, 0.1) is 6.04 Å². The van der Waals surface area contributed by atoms with Gasteiger partial charge in [-0.05, 0) is 62.8 Å². The Balaban J connectivity index is 2.16. The summed E-state index contributed by atoms with van der Waals surface area (Å²) < 4.78 is 1.92. The first kappa shape index (κ1) is 15.0. The summed E-state index contributed by atoms with van der Waals surface area (Å²) in [6.07, 6.45) is 3.20. The zero-order valence-corrected chi connectivity index (χ0v) is 13.6. The van der Waals surface area contributed by atoms with Gasteiger partial charge in [-0.15, -0.1) is 0 Å². The van der Waals surface area contributed by atoms with Crippen LogP contribution in [0.1, 0.15) is 52.9 Å². The lowest BCUT2D eigenvalue weighted by Gasteiger charge is -2.19. The van der Waals surface area contributed by atoms with Gasteiger partial charge in [0.1, 0.15) is 0 Å². The van der Waals surface area contributed by atoms with Crippen molar-refractivity contribution in [3.8, 4) is 0 Å². The highest BCUT2D eigenvalue weighted by molar-refractivity contribution is 5.41. The summed E-state index contributed by atoms with van der Waals surface area (Å²) in [7, 11) is 0. The van der Waals surface area contributed by atoms with Crippen molar-refractivity contribution in [3.63, 3.8) is 0 Å². The second kappa shape index (κ2) is 5.73.